The van der Waals surface area contributed by atoms with Crippen molar-refractivity contribution in [3.8, 4) is 46.4 Å². The molecule has 3 N–H and O–H groups in total. The second-order valence-electron chi connectivity index (χ2n) is 23.3. The fraction of sp³-hybridized carbons (Fsp3) is 0.409. The second kappa shape index (κ2) is 33.8. The zero-order valence-corrected chi connectivity index (χ0v) is 56.1. The maximum Gasteiger partial charge on any atom is 0.573 e. The van der Waals surface area contributed by atoms with Gasteiger partial charge in [-0.25, -0.2) is 28.8 Å². The number of halogens is 12. The summed E-state index contributed by atoms with van der Waals surface area (Å²) in [6.07, 6.45) is -7.11. The Morgan fingerprint density at radius 1 is 0.495 bits per heavy atom. The number of ether oxygens (including phenoxy) is 9. The van der Waals surface area contributed by atoms with E-state index in [2.05, 4.69) is 50.2 Å². The number of carboxylic acids is 2. The quantitative estimate of drug-likeness (QED) is 0.0420. The van der Waals surface area contributed by atoms with Gasteiger partial charge in [0.2, 0.25) is 28.8 Å². The fourth-order valence-corrected chi connectivity index (χ4v) is 12.4. The lowest BCUT2D eigenvalue weighted by Gasteiger charge is -2.29. The van der Waals surface area contributed by atoms with Crippen LogP contribution in [0, 0.1) is 0 Å². The molecule has 0 aliphatic heterocycles. The standard InChI is InChI=1S/C26H27ClF3N3O5.C24H23ClF3N3O5.C16H15ClF3N3O4/c1-3-36-25(34)23-24(33(32-31-23)15-16-4-9-19(35-2)10-5-16)37-20-11-6-17(7-12-20)18-8-13-22(21(27)14-18)38-26(28,29)30;1-34-17-7-2-14(3-8-17)13-31-22(21(23(32)33)29-30-31)35-18-9-4-15(5-10-18)16-6-11-20(19(25)12-16)36-24(26,27)28;17-11-7-9(3-6-12(11)27-16(18,19)20)8-1-4-10(5-2-8)26-14-13(15(24)25)21-23-22-14/h4-5,8-10,13-14,17,20H,3,6-7,11-12,15H2,1-2H3;2-3,6-8,11-12,15,18H,4-5,9-10,13H2,1H3,(H,32,33);3,6-8,10H,1-2,4-5H2,(H,24,25)(H,21,22,23). The molecule has 35 heteroatoms. The molecule has 0 saturated heterocycles. The molecule has 0 amide bonds. The van der Waals surface area contributed by atoms with Gasteiger partial charge in [-0.05, 0) is 190 Å². The Labute approximate surface area is 584 Å². The van der Waals surface area contributed by atoms with Crippen LogP contribution in [0.5, 0.6) is 46.4 Å². The van der Waals surface area contributed by atoms with Crippen molar-refractivity contribution in [3.05, 3.63) is 163 Å². The van der Waals surface area contributed by atoms with E-state index in [1.165, 1.54) is 45.8 Å². The van der Waals surface area contributed by atoms with Crippen LogP contribution in [0.4, 0.5) is 39.5 Å². The molecular formula is C66H65Cl3F9N9O14. The minimum Gasteiger partial charge on any atom is -0.497 e. The third-order valence-corrected chi connectivity index (χ3v) is 17.5. The maximum absolute atomic E-state index is 12.5. The molecule has 0 spiro atoms. The molecule has 3 fully saturated rings. The Kier molecular flexibility index (Phi) is 25.4. The number of methoxy groups -OCH3 is 2. The van der Waals surface area contributed by atoms with Gasteiger partial charge in [0.25, 0.3) is 5.88 Å². The van der Waals surface area contributed by atoms with Gasteiger partial charge in [-0.1, -0.05) is 98.0 Å². The lowest BCUT2D eigenvalue weighted by atomic mass is 9.82. The van der Waals surface area contributed by atoms with Crippen LogP contribution < -0.4 is 37.9 Å². The monoisotopic (exact) mass is 1480 g/mol. The fourth-order valence-electron chi connectivity index (χ4n) is 11.7. The molecule has 3 saturated carbocycles. The summed E-state index contributed by atoms with van der Waals surface area (Å²) in [5.74, 6) is -2.41. The van der Waals surface area contributed by atoms with E-state index in [1.807, 2.05) is 36.4 Å². The predicted octanol–water partition coefficient (Wildman–Crippen LogP) is 16.0. The van der Waals surface area contributed by atoms with E-state index in [4.69, 9.17) is 68.3 Å². The highest BCUT2D eigenvalue weighted by atomic mass is 35.5. The summed E-state index contributed by atoms with van der Waals surface area (Å²) in [5, 5.41) is 43.5. The number of hydrogen-bond acceptors (Lipinski definition) is 18. The first-order valence-corrected chi connectivity index (χ1v) is 32.5. The van der Waals surface area contributed by atoms with Crippen LogP contribution in [0.3, 0.4) is 0 Å². The number of rotatable bonds is 22. The van der Waals surface area contributed by atoms with E-state index >= 15 is 0 Å². The predicted molar refractivity (Wildman–Crippen MR) is 342 cm³/mol. The van der Waals surface area contributed by atoms with Gasteiger partial charge in [0.15, 0.2) is 0 Å². The first-order valence-electron chi connectivity index (χ1n) is 31.3. The summed E-state index contributed by atoms with van der Waals surface area (Å²) in [7, 11) is 3.16. The van der Waals surface area contributed by atoms with Crippen LogP contribution >= 0.6 is 34.8 Å². The van der Waals surface area contributed by atoms with Gasteiger partial charge in [-0.3, -0.25) is 0 Å². The summed E-state index contributed by atoms with van der Waals surface area (Å²) in [6.45, 7) is 2.48. The number of nitrogens with zero attached hydrogens (tertiary/aromatic N) is 8. The van der Waals surface area contributed by atoms with Gasteiger partial charge in [0.05, 0.1) is 49.0 Å². The molecule has 23 nitrogen and oxygen atoms in total. The minimum atomic E-state index is -4.82. The van der Waals surface area contributed by atoms with Gasteiger partial charge >= 0.3 is 37.0 Å². The highest BCUT2D eigenvalue weighted by molar-refractivity contribution is 6.32. The number of hydrogen-bond donors (Lipinski definition) is 3. The number of carbonyl (C=O) groups excluding carboxylic acids is 1. The molecule has 0 unspecified atom stereocenters. The molecule has 3 aliphatic rings. The molecule has 3 aliphatic carbocycles. The van der Waals surface area contributed by atoms with E-state index in [0.29, 0.717) is 76.5 Å². The Hall–Kier alpha value is -9.43. The molecule has 8 aromatic rings. The highest BCUT2D eigenvalue weighted by Gasteiger charge is 2.37. The normalized spacial score (nSPS) is 18.5. The Balaban J connectivity index is 0.000000179. The first-order chi connectivity index (χ1) is 48.0. The van der Waals surface area contributed by atoms with E-state index in [0.717, 1.165) is 46.4 Å². The van der Waals surface area contributed by atoms with Crippen molar-refractivity contribution in [1.29, 1.82) is 0 Å². The molecule has 0 bridgehead atoms. The van der Waals surface area contributed by atoms with Crippen molar-refractivity contribution in [1.82, 2.24) is 45.4 Å². The SMILES string of the molecule is CCOC(=O)c1nnn(Cc2ccc(OC)cc2)c1OC1CCC(c2ccc(OC(F)(F)F)c(Cl)c2)CC1.COc1ccc(Cn2nnc(C(=O)O)c2OC2CCC(c3ccc(OC(F)(F)F)c(Cl)c3)CC2)cc1.O=C(O)c1[nH]nnc1OC1CCC(c2ccc(OC(F)(F)F)c(Cl)c2)CC1. The summed E-state index contributed by atoms with van der Waals surface area (Å²) in [4.78, 5) is 35.2. The second-order valence-corrected chi connectivity index (χ2v) is 24.5. The van der Waals surface area contributed by atoms with Gasteiger partial charge in [-0.15, -0.1) is 49.7 Å². The third-order valence-electron chi connectivity index (χ3n) is 16.6. The number of aromatic amines is 1. The van der Waals surface area contributed by atoms with Gasteiger partial charge < -0.3 is 52.8 Å². The maximum atomic E-state index is 12.5. The van der Waals surface area contributed by atoms with Crippen molar-refractivity contribution in [3.63, 3.8) is 0 Å². The van der Waals surface area contributed by atoms with Crippen LogP contribution in [0.2, 0.25) is 15.1 Å². The Morgan fingerprint density at radius 2 is 0.851 bits per heavy atom. The molecule has 0 radical (unpaired) electrons. The van der Waals surface area contributed by atoms with E-state index in [-0.39, 0.29) is 99.0 Å². The van der Waals surface area contributed by atoms with Crippen molar-refractivity contribution in [2.45, 2.75) is 152 Å². The first kappa shape index (κ1) is 75.8. The molecule has 11 rings (SSSR count). The lowest BCUT2D eigenvalue weighted by molar-refractivity contribution is -0.275. The summed E-state index contributed by atoms with van der Waals surface area (Å²) >= 11 is 17.9. The number of carbonyl (C=O) groups is 3. The summed E-state index contributed by atoms with van der Waals surface area (Å²) < 4.78 is 160. The van der Waals surface area contributed by atoms with Gasteiger partial charge in [0, 0.05) is 0 Å². The van der Waals surface area contributed by atoms with Crippen LogP contribution in [0.15, 0.2) is 103 Å². The minimum absolute atomic E-state index is 0.00882. The number of esters is 1. The highest BCUT2D eigenvalue weighted by Crippen LogP contribution is 2.43. The molecule has 5 aromatic carbocycles. The smallest absolute Gasteiger partial charge is 0.497 e. The largest absolute Gasteiger partial charge is 0.573 e. The lowest BCUT2D eigenvalue weighted by Crippen LogP contribution is -2.25. The van der Waals surface area contributed by atoms with Gasteiger partial charge in [-0.2, -0.15) is 0 Å². The third kappa shape index (κ3) is 21.6. The number of benzene rings is 5. The topological polar surface area (TPSA) is 278 Å². The molecule has 3 heterocycles. The van der Waals surface area contributed by atoms with E-state index < -0.39 is 54.2 Å². The molecule has 542 valence electrons. The van der Waals surface area contributed by atoms with E-state index in [9.17, 15) is 59.0 Å². The number of alkyl halides is 9. The summed E-state index contributed by atoms with van der Waals surface area (Å²) in [5.41, 5.74) is 3.78. The summed E-state index contributed by atoms with van der Waals surface area (Å²) in [6, 6.07) is 27.6. The van der Waals surface area contributed by atoms with Crippen molar-refractivity contribution >= 4 is 52.7 Å². The molecular weight excluding hydrogens is 1420 g/mol. The van der Waals surface area contributed by atoms with Crippen LogP contribution in [0.1, 0.15) is 161 Å². The molecule has 0 atom stereocenters. The number of aromatic nitrogens is 9. The zero-order valence-electron chi connectivity index (χ0n) is 53.8. The number of nitrogens with one attached hydrogen (secondary N) is 1. The van der Waals surface area contributed by atoms with Crippen molar-refractivity contribution in [2.75, 3.05) is 20.8 Å². The van der Waals surface area contributed by atoms with Crippen LogP contribution in [-0.2, 0) is 17.8 Å². The molecule has 3 aromatic heterocycles. The van der Waals surface area contributed by atoms with Crippen LogP contribution in [0.25, 0.3) is 0 Å². The Morgan fingerprint density at radius 3 is 1.18 bits per heavy atom. The number of aromatic carboxylic acids is 2. The average Bonchev–Trinajstić information content (AvgIpc) is 1.77. The molecule has 101 heavy (non-hydrogen) atoms. The number of carboxylic acid groups (broad SMARTS) is 2. The zero-order chi connectivity index (χ0) is 72.8. The Bertz CT molecular complexity index is 4080. The van der Waals surface area contributed by atoms with E-state index in [1.54, 1.807) is 51.5 Å². The van der Waals surface area contributed by atoms with Gasteiger partial charge in [0.1, 0.15) is 47.1 Å². The van der Waals surface area contributed by atoms with Crippen molar-refractivity contribution < 1.29 is 107 Å². The van der Waals surface area contributed by atoms with Crippen molar-refractivity contribution in [2.24, 2.45) is 0 Å². The number of H-pyrrole nitrogens is 1. The van der Waals surface area contributed by atoms with Crippen LogP contribution in [-0.4, -0.2) is 132 Å². The average molecular weight is 1490 g/mol.